The van der Waals surface area contributed by atoms with E-state index in [1.165, 1.54) is 5.56 Å². The summed E-state index contributed by atoms with van der Waals surface area (Å²) in [6, 6.07) is 3.65. The molecule has 6 nitrogen and oxygen atoms in total. The number of aryl methyl sites for hydroxylation is 1. The van der Waals surface area contributed by atoms with Crippen LogP contribution >= 0.6 is 11.3 Å². The SMILES string of the molecule is C[n+]1c(=O)n(Cc2ccco2)c(N)c2c3c(sc21)COC(C)(C)C3. The van der Waals surface area contributed by atoms with Gasteiger partial charge in [-0.1, -0.05) is 11.3 Å². The third-order valence-corrected chi connectivity index (χ3v) is 5.81. The highest BCUT2D eigenvalue weighted by atomic mass is 32.1. The summed E-state index contributed by atoms with van der Waals surface area (Å²) in [4.78, 5) is 14.8. The molecule has 2 N–H and O–H groups in total. The Hall–Kier alpha value is -2.12. The highest BCUT2D eigenvalue weighted by Crippen LogP contribution is 2.39. The van der Waals surface area contributed by atoms with Crippen molar-refractivity contribution in [2.75, 3.05) is 5.73 Å². The molecule has 126 valence electrons. The van der Waals surface area contributed by atoms with Crippen molar-refractivity contribution in [3.63, 3.8) is 0 Å². The molecule has 0 saturated heterocycles. The minimum absolute atomic E-state index is 0.143. The minimum atomic E-state index is -0.228. The number of ether oxygens (including phenoxy) is 1. The second kappa shape index (κ2) is 5.19. The predicted octanol–water partition coefficient (Wildman–Crippen LogP) is 1.96. The lowest BCUT2D eigenvalue weighted by atomic mass is 9.94. The second-order valence-corrected chi connectivity index (χ2v) is 7.89. The van der Waals surface area contributed by atoms with E-state index in [4.69, 9.17) is 14.9 Å². The van der Waals surface area contributed by atoms with E-state index in [2.05, 4.69) is 13.8 Å². The molecule has 1 aliphatic heterocycles. The molecule has 0 unspecified atom stereocenters. The van der Waals surface area contributed by atoms with E-state index in [1.54, 1.807) is 39.8 Å². The molecular formula is C17H20N3O3S+. The van der Waals surface area contributed by atoms with Crippen LogP contribution in [0.4, 0.5) is 5.82 Å². The van der Waals surface area contributed by atoms with Crippen molar-refractivity contribution in [3.8, 4) is 0 Å². The standard InChI is InChI=1S/C17H19N3O3S/c1-17(2)7-11-12(9-23-17)24-15-13(11)14(18)20(16(21)19(15)3)8-10-5-4-6-22-10/h4-6,18H,7-9H2,1-3H3/p+1. The van der Waals surface area contributed by atoms with Crippen molar-refractivity contribution in [2.24, 2.45) is 7.05 Å². The van der Waals surface area contributed by atoms with Gasteiger partial charge in [0.2, 0.25) is 5.82 Å². The highest BCUT2D eigenvalue weighted by Gasteiger charge is 2.33. The Bertz CT molecular complexity index is 983. The van der Waals surface area contributed by atoms with E-state index >= 15 is 0 Å². The van der Waals surface area contributed by atoms with E-state index in [0.717, 1.165) is 21.5 Å². The normalized spacial score (nSPS) is 16.5. The van der Waals surface area contributed by atoms with E-state index in [-0.39, 0.29) is 11.3 Å². The number of anilines is 1. The molecule has 0 atom stereocenters. The molecule has 0 saturated carbocycles. The molecular weight excluding hydrogens is 326 g/mol. The van der Waals surface area contributed by atoms with Gasteiger partial charge in [-0.15, -0.1) is 0 Å². The number of hydrogen-bond acceptors (Lipinski definition) is 5. The van der Waals surface area contributed by atoms with E-state index in [1.807, 2.05) is 6.07 Å². The average molecular weight is 346 g/mol. The molecule has 0 radical (unpaired) electrons. The molecule has 0 spiro atoms. The zero-order chi connectivity index (χ0) is 17.1. The molecule has 0 amide bonds. The number of aromatic nitrogens is 2. The molecule has 4 heterocycles. The molecule has 0 aliphatic carbocycles. The van der Waals surface area contributed by atoms with Gasteiger partial charge in [0, 0.05) is 11.3 Å². The molecule has 24 heavy (non-hydrogen) atoms. The van der Waals surface area contributed by atoms with Gasteiger partial charge in [-0.2, -0.15) is 13.9 Å². The first-order chi connectivity index (χ1) is 11.4. The van der Waals surface area contributed by atoms with Gasteiger partial charge in [0.25, 0.3) is 0 Å². The molecule has 4 rings (SSSR count). The number of hydrogen-bond donors (Lipinski definition) is 1. The Labute approximate surface area is 143 Å². The highest BCUT2D eigenvalue weighted by molar-refractivity contribution is 7.18. The molecule has 3 aromatic heterocycles. The minimum Gasteiger partial charge on any atom is -0.465 e. The van der Waals surface area contributed by atoms with Crippen molar-refractivity contribution < 1.29 is 13.7 Å². The van der Waals surface area contributed by atoms with Crippen molar-refractivity contribution in [1.29, 1.82) is 0 Å². The smallest absolute Gasteiger partial charge is 0.465 e. The largest absolute Gasteiger partial charge is 0.500 e. The van der Waals surface area contributed by atoms with Crippen LogP contribution in [0, 0.1) is 0 Å². The van der Waals surface area contributed by atoms with Crippen molar-refractivity contribution in [1.82, 2.24) is 4.57 Å². The van der Waals surface area contributed by atoms with E-state index in [0.29, 0.717) is 24.7 Å². The third kappa shape index (κ3) is 2.27. The monoisotopic (exact) mass is 346 g/mol. The molecule has 0 bridgehead atoms. The molecule has 0 aromatic carbocycles. The van der Waals surface area contributed by atoms with Crippen LogP contribution in [0.25, 0.3) is 10.2 Å². The molecule has 7 heteroatoms. The summed E-state index contributed by atoms with van der Waals surface area (Å²) < 4.78 is 14.5. The van der Waals surface area contributed by atoms with Crippen LogP contribution in [-0.4, -0.2) is 10.2 Å². The number of rotatable bonds is 2. The summed E-state index contributed by atoms with van der Waals surface area (Å²) in [7, 11) is 1.79. The van der Waals surface area contributed by atoms with Gasteiger partial charge in [-0.25, -0.2) is 0 Å². The summed E-state index contributed by atoms with van der Waals surface area (Å²) in [5.74, 6) is 1.20. The summed E-state index contributed by atoms with van der Waals surface area (Å²) in [5, 5.41) is 0.972. The van der Waals surface area contributed by atoms with Crippen LogP contribution in [0.15, 0.2) is 27.6 Å². The van der Waals surface area contributed by atoms with Crippen LogP contribution < -0.4 is 16.0 Å². The Kier molecular flexibility index (Phi) is 3.33. The predicted molar refractivity (Wildman–Crippen MR) is 92.1 cm³/mol. The lowest BCUT2D eigenvalue weighted by Gasteiger charge is -2.29. The summed E-state index contributed by atoms with van der Waals surface area (Å²) in [5.41, 5.74) is 7.27. The van der Waals surface area contributed by atoms with Gasteiger partial charge in [0.05, 0.1) is 25.5 Å². The Morgan fingerprint density at radius 1 is 1.46 bits per heavy atom. The lowest BCUT2D eigenvalue weighted by molar-refractivity contribution is -0.662. The topological polar surface area (TPSA) is 74.3 Å². The number of thiophene rings is 1. The Morgan fingerprint density at radius 2 is 2.25 bits per heavy atom. The summed E-state index contributed by atoms with van der Waals surface area (Å²) in [6.07, 6.45) is 2.38. The number of fused-ring (bicyclic) bond motifs is 3. The van der Waals surface area contributed by atoms with Crippen molar-refractivity contribution >= 4 is 27.4 Å². The van der Waals surface area contributed by atoms with Gasteiger partial charge in [-0.05, 0) is 31.5 Å². The zero-order valence-electron chi connectivity index (χ0n) is 14.0. The number of nitrogens with zero attached hydrogens (tertiary/aromatic N) is 2. The molecule has 1 aliphatic rings. The van der Waals surface area contributed by atoms with Crippen LogP contribution in [-0.2, 0) is 31.4 Å². The fraction of sp³-hybridized carbons (Fsp3) is 0.412. The van der Waals surface area contributed by atoms with Crippen LogP contribution in [0.3, 0.4) is 0 Å². The summed E-state index contributed by atoms with van der Waals surface area (Å²) >= 11 is 1.59. The van der Waals surface area contributed by atoms with Gasteiger partial charge < -0.3 is 14.9 Å². The average Bonchev–Trinajstić information content (AvgIpc) is 3.15. The number of nitrogen functional groups attached to an aromatic ring is 1. The Morgan fingerprint density at radius 3 is 2.96 bits per heavy atom. The first-order valence-corrected chi connectivity index (χ1v) is 8.68. The van der Waals surface area contributed by atoms with Gasteiger partial charge in [-0.3, -0.25) is 0 Å². The fourth-order valence-corrected chi connectivity index (χ4v) is 4.45. The van der Waals surface area contributed by atoms with Crippen LogP contribution in [0.2, 0.25) is 0 Å². The summed E-state index contributed by atoms with van der Waals surface area (Å²) in [6.45, 7) is 5.04. The van der Waals surface area contributed by atoms with Crippen molar-refractivity contribution in [3.05, 3.63) is 45.1 Å². The zero-order valence-corrected chi connectivity index (χ0v) is 14.8. The van der Waals surface area contributed by atoms with Crippen LogP contribution in [0.1, 0.15) is 30.0 Å². The number of nitrogens with two attached hydrogens (primary N) is 1. The first kappa shape index (κ1) is 15.4. The quantitative estimate of drug-likeness (QED) is 0.720. The van der Waals surface area contributed by atoms with Crippen molar-refractivity contribution in [2.45, 2.75) is 39.0 Å². The first-order valence-electron chi connectivity index (χ1n) is 7.86. The van der Waals surface area contributed by atoms with E-state index in [9.17, 15) is 4.79 Å². The third-order valence-electron chi connectivity index (χ3n) is 4.53. The molecule has 0 fully saturated rings. The van der Waals surface area contributed by atoms with Gasteiger partial charge >= 0.3 is 5.69 Å². The van der Waals surface area contributed by atoms with Crippen LogP contribution in [0.5, 0.6) is 0 Å². The lowest BCUT2D eigenvalue weighted by Crippen LogP contribution is -2.52. The Balaban J connectivity index is 1.97. The number of furan rings is 1. The van der Waals surface area contributed by atoms with Gasteiger partial charge in [0.1, 0.15) is 11.1 Å². The maximum Gasteiger partial charge on any atom is 0.500 e. The fourth-order valence-electron chi connectivity index (χ4n) is 3.26. The second-order valence-electron chi connectivity index (χ2n) is 6.80. The van der Waals surface area contributed by atoms with Gasteiger partial charge in [0.15, 0.2) is 11.4 Å². The van der Waals surface area contributed by atoms with E-state index < -0.39 is 0 Å². The molecule has 3 aromatic rings. The maximum absolute atomic E-state index is 12.7. The maximum atomic E-state index is 12.7.